The largest absolute Gasteiger partial charge is 0.245 e. The molecule has 0 radical (unpaired) electrons. The number of aryl methyl sites for hydroxylation is 1. The zero-order chi connectivity index (χ0) is 9.84. The third-order valence-corrected chi connectivity index (χ3v) is 2.94. The minimum absolute atomic E-state index is 0.448. The van der Waals surface area contributed by atoms with Gasteiger partial charge in [0.05, 0.1) is 18.2 Å². The summed E-state index contributed by atoms with van der Waals surface area (Å²) in [6.45, 7) is 6.42. The Bertz CT molecular complexity index is 320. The molecule has 1 aromatic heterocycles. The van der Waals surface area contributed by atoms with Crippen LogP contribution in [0.15, 0.2) is 0 Å². The Balaban J connectivity index is 2.78. The number of rotatable bonds is 3. The van der Waals surface area contributed by atoms with Gasteiger partial charge < -0.3 is 0 Å². The molecule has 13 heavy (non-hydrogen) atoms. The quantitative estimate of drug-likeness (QED) is 0.741. The van der Waals surface area contributed by atoms with Gasteiger partial charge in [0.25, 0.3) is 0 Å². The van der Waals surface area contributed by atoms with Crippen molar-refractivity contribution >= 4 is 11.3 Å². The number of aromatic nitrogens is 1. The molecule has 0 saturated carbocycles. The number of nitrogens with zero attached hydrogens (tertiary/aromatic N) is 2. The number of thiazole rings is 1. The highest BCUT2D eigenvalue weighted by atomic mass is 32.1. The van der Waals surface area contributed by atoms with Gasteiger partial charge in [-0.1, -0.05) is 13.8 Å². The maximum atomic E-state index is 8.52. The Hall–Kier alpha value is -0.880. The average molecular weight is 194 g/mol. The first-order valence-corrected chi connectivity index (χ1v) is 5.27. The molecular formula is C10H14N2S. The zero-order valence-electron chi connectivity index (χ0n) is 8.29. The van der Waals surface area contributed by atoms with Gasteiger partial charge in [-0.25, -0.2) is 4.98 Å². The zero-order valence-corrected chi connectivity index (χ0v) is 9.11. The monoisotopic (exact) mass is 194 g/mol. The van der Waals surface area contributed by atoms with Gasteiger partial charge in [0.15, 0.2) is 0 Å². The summed E-state index contributed by atoms with van der Waals surface area (Å²) in [6, 6.07) is 2.13. The Morgan fingerprint density at radius 3 is 2.77 bits per heavy atom. The van der Waals surface area contributed by atoms with Gasteiger partial charge in [0, 0.05) is 4.88 Å². The first-order valence-electron chi connectivity index (χ1n) is 4.45. The van der Waals surface area contributed by atoms with Crippen LogP contribution in [0.2, 0.25) is 0 Å². The van der Waals surface area contributed by atoms with Crippen molar-refractivity contribution in [2.45, 2.75) is 33.6 Å². The van der Waals surface area contributed by atoms with Crippen molar-refractivity contribution in [1.82, 2.24) is 4.98 Å². The molecule has 2 nitrogen and oxygen atoms in total. The van der Waals surface area contributed by atoms with E-state index in [2.05, 4.69) is 24.9 Å². The highest BCUT2D eigenvalue weighted by Crippen LogP contribution is 2.21. The molecular weight excluding hydrogens is 180 g/mol. The van der Waals surface area contributed by atoms with Gasteiger partial charge in [-0.2, -0.15) is 5.26 Å². The fraction of sp³-hybridized carbons (Fsp3) is 0.600. The third kappa shape index (κ3) is 2.82. The summed E-state index contributed by atoms with van der Waals surface area (Å²) < 4.78 is 0. The molecule has 0 fully saturated rings. The van der Waals surface area contributed by atoms with Crippen LogP contribution in [-0.2, 0) is 12.8 Å². The van der Waals surface area contributed by atoms with E-state index in [1.165, 1.54) is 4.88 Å². The highest BCUT2D eigenvalue weighted by Gasteiger charge is 2.08. The average Bonchev–Trinajstić information content (AvgIpc) is 2.31. The van der Waals surface area contributed by atoms with E-state index in [4.69, 9.17) is 5.26 Å². The van der Waals surface area contributed by atoms with Gasteiger partial charge in [-0.3, -0.25) is 0 Å². The van der Waals surface area contributed by atoms with E-state index >= 15 is 0 Å². The van der Waals surface area contributed by atoms with E-state index < -0.39 is 0 Å². The van der Waals surface area contributed by atoms with Crippen LogP contribution in [0.25, 0.3) is 0 Å². The first kappa shape index (κ1) is 10.2. The Labute approximate surface area is 83.2 Å². The van der Waals surface area contributed by atoms with Crippen molar-refractivity contribution in [2.24, 2.45) is 5.92 Å². The van der Waals surface area contributed by atoms with Gasteiger partial charge in [0.2, 0.25) is 0 Å². The number of hydrogen-bond donors (Lipinski definition) is 0. The SMILES string of the molecule is Cc1nc(CC#N)sc1CC(C)C. The van der Waals surface area contributed by atoms with E-state index in [-0.39, 0.29) is 0 Å². The van der Waals surface area contributed by atoms with E-state index in [1.54, 1.807) is 11.3 Å². The Morgan fingerprint density at radius 1 is 1.54 bits per heavy atom. The summed E-state index contributed by atoms with van der Waals surface area (Å²) in [6.07, 6.45) is 1.53. The summed E-state index contributed by atoms with van der Waals surface area (Å²) >= 11 is 1.68. The van der Waals surface area contributed by atoms with Crippen molar-refractivity contribution in [3.05, 3.63) is 15.6 Å². The van der Waals surface area contributed by atoms with Crippen LogP contribution in [0.1, 0.15) is 29.4 Å². The van der Waals surface area contributed by atoms with Crippen molar-refractivity contribution in [3.63, 3.8) is 0 Å². The molecule has 0 aliphatic heterocycles. The van der Waals surface area contributed by atoms with Crippen LogP contribution in [0, 0.1) is 24.2 Å². The van der Waals surface area contributed by atoms with E-state index in [0.717, 1.165) is 17.1 Å². The lowest BCUT2D eigenvalue weighted by Crippen LogP contribution is -1.92. The molecule has 0 spiro atoms. The van der Waals surface area contributed by atoms with Gasteiger partial charge in [-0.05, 0) is 19.3 Å². The third-order valence-electron chi connectivity index (χ3n) is 1.76. The summed E-state index contributed by atoms with van der Waals surface area (Å²) in [5.74, 6) is 0.661. The van der Waals surface area contributed by atoms with Crippen molar-refractivity contribution in [1.29, 1.82) is 5.26 Å². The van der Waals surface area contributed by atoms with Crippen LogP contribution in [0.4, 0.5) is 0 Å². The summed E-state index contributed by atoms with van der Waals surface area (Å²) in [5, 5.41) is 9.47. The lowest BCUT2D eigenvalue weighted by atomic mass is 10.1. The molecule has 0 atom stereocenters. The normalized spacial score (nSPS) is 10.4. The predicted octanol–water partition coefficient (Wildman–Crippen LogP) is 2.72. The second-order valence-corrected chi connectivity index (χ2v) is 4.72. The minimum atomic E-state index is 0.448. The lowest BCUT2D eigenvalue weighted by Gasteiger charge is -2.00. The van der Waals surface area contributed by atoms with Gasteiger partial charge in [-0.15, -0.1) is 11.3 Å². The lowest BCUT2D eigenvalue weighted by molar-refractivity contribution is 0.651. The van der Waals surface area contributed by atoms with Crippen LogP contribution in [-0.4, -0.2) is 4.98 Å². The number of nitriles is 1. The summed E-state index contributed by atoms with van der Waals surface area (Å²) in [5.41, 5.74) is 1.10. The van der Waals surface area contributed by atoms with Crippen LogP contribution < -0.4 is 0 Å². The molecule has 0 aliphatic carbocycles. The predicted molar refractivity (Wildman–Crippen MR) is 54.7 cm³/mol. The van der Waals surface area contributed by atoms with E-state index in [0.29, 0.717) is 12.3 Å². The molecule has 1 aromatic rings. The van der Waals surface area contributed by atoms with Crippen LogP contribution >= 0.6 is 11.3 Å². The second kappa shape index (κ2) is 4.38. The van der Waals surface area contributed by atoms with E-state index in [1.807, 2.05) is 6.92 Å². The summed E-state index contributed by atoms with van der Waals surface area (Å²) in [4.78, 5) is 5.68. The molecule has 1 heterocycles. The Kier molecular flexibility index (Phi) is 3.44. The smallest absolute Gasteiger partial charge is 0.107 e. The first-order chi connectivity index (χ1) is 6.13. The molecule has 3 heteroatoms. The maximum Gasteiger partial charge on any atom is 0.107 e. The fourth-order valence-electron chi connectivity index (χ4n) is 1.19. The van der Waals surface area contributed by atoms with Gasteiger partial charge >= 0.3 is 0 Å². The molecule has 0 aliphatic rings. The van der Waals surface area contributed by atoms with Gasteiger partial charge in [0.1, 0.15) is 5.01 Å². The molecule has 0 N–H and O–H groups in total. The standard InChI is InChI=1S/C10H14N2S/c1-7(2)6-9-8(3)12-10(13-9)4-5-11/h7H,4,6H2,1-3H3. The van der Waals surface area contributed by atoms with E-state index in [9.17, 15) is 0 Å². The molecule has 0 aromatic carbocycles. The molecule has 0 bridgehead atoms. The minimum Gasteiger partial charge on any atom is -0.245 e. The molecule has 0 unspecified atom stereocenters. The number of hydrogen-bond acceptors (Lipinski definition) is 3. The van der Waals surface area contributed by atoms with Crippen molar-refractivity contribution in [2.75, 3.05) is 0 Å². The van der Waals surface area contributed by atoms with Crippen LogP contribution in [0.3, 0.4) is 0 Å². The van der Waals surface area contributed by atoms with Crippen molar-refractivity contribution < 1.29 is 0 Å². The fourth-order valence-corrected chi connectivity index (χ4v) is 2.41. The topological polar surface area (TPSA) is 36.7 Å². The molecule has 1 rings (SSSR count). The Morgan fingerprint density at radius 2 is 2.23 bits per heavy atom. The highest BCUT2D eigenvalue weighted by molar-refractivity contribution is 7.11. The maximum absolute atomic E-state index is 8.52. The second-order valence-electron chi connectivity index (χ2n) is 3.55. The van der Waals surface area contributed by atoms with Crippen LogP contribution in [0.5, 0.6) is 0 Å². The molecule has 0 amide bonds. The summed E-state index contributed by atoms with van der Waals surface area (Å²) in [7, 11) is 0. The molecule has 70 valence electrons. The van der Waals surface area contributed by atoms with Crippen molar-refractivity contribution in [3.8, 4) is 6.07 Å². The molecule has 0 saturated heterocycles.